The Morgan fingerprint density at radius 2 is 1.94 bits per heavy atom. The predicted octanol–water partition coefficient (Wildman–Crippen LogP) is 7.34. The fourth-order valence-electron chi connectivity index (χ4n) is 4.68. The number of thiophene rings is 1. The number of aromatic nitrogens is 1. The maximum atomic E-state index is 13.6. The van der Waals surface area contributed by atoms with E-state index in [2.05, 4.69) is 56.4 Å². The molecular weight excluding hydrogens is 438 g/mol. The van der Waals surface area contributed by atoms with Gasteiger partial charge in [0.1, 0.15) is 11.1 Å². The second-order valence-corrected chi connectivity index (χ2v) is 10.6. The van der Waals surface area contributed by atoms with Crippen LogP contribution in [0.15, 0.2) is 54.6 Å². The highest BCUT2D eigenvalue weighted by Gasteiger charge is 2.25. The van der Waals surface area contributed by atoms with Crippen LogP contribution in [0.1, 0.15) is 65.0 Å². The molecule has 0 aliphatic heterocycles. The predicted molar refractivity (Wildman–Crippen MR) is 139 cm³/mol. The smallest absolute Gasteiger partial charge is 0.257 e. The minimum absolute atomic E-state index is 0.207. The van der Waals surface area contributed by atoms with Gasteiger partial charge in [-0.2, -0.15) is 5.26 Å². The maximum absolute atomic E-state index is 13.6. The number of nitrogens with zero attached hydrogens (tertiary/aromatic N) is 2. The number of benzene rings is 2. The van der Waals surface area contributed by atoms with E-state index in [1.54, 1.807) is 11.3 Å². The molecule has 1 unspecified atom stereocenters. The van der Waals surface area contributed by atoms with Gasteiger partial charge >= 0.3 is 0 Å². The fraction of sp³-hybridized carbons (Fsp3) is 0.276. The van der Waals surface area contributed by atoms with Crippen molar-refractivity contribution in [2.24, 2.45) is 5.92 Å². The second-order valence-electron chi connectivity index (χ2n) is 9.47. The minimum atomic E-state index is -0.207. The molecule has 2 heterocycles. The van der Waals surface area contributed by atoms with Crippen LogP contribution >= 0.6 is 11.3 Å². The Labute approximate surface area is 204 Å². The number of carbonyl (C=O) groups excluding carboxylic acids is 1. The molecule has 5 rings (SSSR count). The average molecular weight is 466 g/mol. The number of anilines is 1. The molecule has 4 aromatic rings. The molecule has 4 nitrogen and oxygen atoms in total. The topological polar surface area (TPSA) is 65.8 Å². The lowest BCUT2D eigenvalue weighted by Gasteiger charge is -2.17. The largest absolute Gasteiger partial charge is 0.312 e. The van der Waals surface area contributed by atoms with Gasteiger partial charge in [0, 0.05) is 15.8 Å². The molecule has 2 aromatic carbocycles. The van der Waals surface area contributed by atoms with Crippen molar-refractivity contribution in [3.63, 3.8) is 0 Å². The number of hydrogen-bond acceptors (Lipinski definition) is 4. The fourth-order valence-corrected chi connectivity index (χ4v) is 6.03. The Hall–Kier alpha value is -3.49. The summed E-state index contributed by atoms with van der Waals surface area (Å²) >= 11 is 1.55. The number of fused-ring (bicyclic) bond motifs is 2. The summed E-state index contributed by atoms with van der Waals surface area (Å²) in [7, 11) is 0. The van der Waals surface area contributed by atoms with Crippen molar-refractivity contribution in [3.05, 3.63) is 81.7 Å². The highest BCUT2D eigenvalue weighted by atomic mass is 32.1. The Bertz CT molecular complexity index is 1430. The van der Waals surface area contributed by atoms with Gasteiger partial charge in [-0.05, 0) is 54.4 Å². The lowest BCUT2D eigenvalue weighted by molar-refractivity contribution is 0.102. The number of nitriles is 1. The van der Waals surface area contributed by atoms with Crippen molar-refractivity contribution in [2.45, 2.75) is 46.0 Å². The van der Waals surface area contributed by atoms with E-state index in [9.17, 15) is 10.1 Å². The van der Waals surface area contributed by atoms with E-state index in [1.165, 1.54) is 10.4 Å². The lowest BCUT2D eigenvalue weighted by Crippen LogP contribution is -2.13. The van der Waals surface area contributed by atoms with Gasteiger partial charge in [-0.1, -0.05) is 63.2 Å². The maximum Gasteiger partial charge on any atom is 0.257 e. The SMILES string of the molecule is CC1CCc2c(sc(NC(=O)c3cc(-c4ccc(C(C)C)cc4)nc4ccccc34)c2C#N)C1. The Balaban J connectivity index is 1.55. The molecule has 1 N–H and O–H groups in total. The molecular formula is C29H27N3OS. The standard InChI is InChI=1S/C29H27N3OS/c1-17(2)19-9-11-20(12-10-19)26-15-23(21-6-4-5-7-25(21)31-26)28(33)32-29-24(16-30)22-13-8-18(3)14-27(22)34-29/h4-7,9-12,15,17-18H,8,13-14H2,1-3H3,(H,32,33). The van der Waals surface area contributed by atoms with E-state index in [1.807, 2.05) is 30.3 Å². The molecule has 2 aromatic heterocycles. The minimum Gasteiger partial charge on any atom is -0.312 e. The molecule has 1 amide bonds. The van der Waals surface area contributed by atoms with Gasteiger partial charge in [0.05, 0.1) is 22.3 Å². The first-order valence-electron chi connectivity index (χ1n) is 11.8. The highest BCUT2D eigenvalue weighted by molar-refractivity contribution is 7.16. The van der Waals surface area contributed by atoms with E-state index in [0.29, 0.717) is 28.0 Å². The zero-order valence-electron chi connectivity index (χ0n) is 19.7. The lowest BCUT2D eigenvalue weighted by atomic mass is 9.88. The van der Waals surface area contributed by atoms with Gasteiger partial charge in [-0.15, -0.1) is 11.3 Å². The van der Waals surface area contributed by atoms with E-state index in [-0.39, 0.29) is 5.91 Å². The Kier molecular flexibility index (Phi) is 5.93. The number of nitrogens with one attached hydrogen (secondary N) is 1. The number of carbonyl (C=O) groups is 1. The quantitative estimate of drug-likeness (QED) is 0.343. The summed E-state index contributed by atoms with van der Waals surface area (Å²) in [4.78, 5) is 19.6. The van der Waals surface area contributed by atoms with Crippen LogP contribution in [-0.2, 0) is 12.8 Å². The van der Waals surface area contributed by atoms with Gasteiger partial charge in [-0.25, -0.2) is 4.98 Å². The van der Waals surface area contributed by atoms with Gasteiger partial charge in [0.15, 0.2) is 0 Å². The summed E-state index contributed by atoms with van der Waals surface area (Å²) in [5.74, 6) is 0.853. The van der Waals surface area contributed by atoms with E-state index in [0.717, 1.165) is 47.0 Å². The van der Waals surface area contributed by atoms with Crippen LogP contribution in [-0.4, -0.2) is 10.9 Å². The zero-order chi connectivity index (χ0) is 23.8. The van der Waals surface area contributed by atoms with Crippen molar-refractivity contribution >= 4 is 33.1 Å². The van der Waals surface area contributed by atoms with E-state index >= 15 is 0 Å². The molecule has 1 aliphatic carbocycles. The van der Waals surface area contributed by atoms with Crippen molar-refractivity contribution < 1.29 is 4.79 Å². The molecule has 0 fully saturated rings. The molecule has 1 aliphatic rings. The Morgan fingerprint density at radius 3 is 2.68 bits per heavy atom. The average Bonchev–Trinajstić information content (AvgIpc) is 3.19. The third kappa shape index (κ3) is 4.10. The molecule has 34 heavy (non-hydrogen) atoms. The molecule has 170 valence electrons. The number of pyridine rings is 1. The third-order valence-electron chi connectivity index (χ3n) is 6.68. The first kappa shape index (κ1) is 22.3. The summed E-state index contributed by atoms with van der Waals surface area (Å²) < 4.78 is 0. The summed E-state index contributed by atoms with van der Waals surface area (Å²) in [6.45, 7) is 6.58. The van der Waals surface area contributed by atoms with Gasteiger partial charge in [-0.3, -0.25) is 4.79 Å². The number of rotatable bonds is 4. The summed E-state index contributed by atoms with van der Waals surface area (Å²) in [6, 6.07) is 20.3. The first-order chi connectivity index (χ1) is 16.4. The van der Waals surface area contributed by atoms with Crippen LogP contribution in [0.25, 0.3) is 22.2 Å². The summed E-state index contributed by atoms with van der Waals surface area (Å²) in [5, 5.41) is 14.4. The Morgan fingerprint density at radius 1 is 1.18 bits per heavy atom. The molecule has 0 saturated heterocycles. The molecule has 1 atom stereocenters. The van der Waals surface area contributed by atoms with Crippen molar-refractivity contribution in [3.8, 4) is 17.3 Å². The monoisotopic (exact) mass is 465 g/mol. The van der Waals surface area contributed by atoms with E-state index in [4.69, 9.17) is 4.98 Å². The molecule has 0 bridgehead atoms. The summed E-state index contributed by atoms with van der Waals surface area (Å²) in [6.07, 6.45) is 2.96. The van der Waals surface area contributed by atoms with Crippen LogP contribution in [0.5, 0.6) is 0 Å². The molecule has 0 radical (unpaired) electrons. The number of para-hydroxylation sites is 1. The molecule has 5 heteroatoms. The van der Waals surface area contributed by atoms with Gasteiger partial charge in [0.2, 0.25) is 0 Å². The second kappa shape index (κ2) is 9.04. The summed E-state index contributed by atoms with van der Waals surface area (Å²) in [5.41, 5.74) is 6.09. The van der Waals surface area contributed by atoms with Crippen molar-refractivity contribution in [1.29, 1.82) is 5.26 Å². The molecule has 0 spiro atoms. The van der Waals surface area contributed by atoms with Crippen LogP contribution in [0, 0.1) is 17.2 Å². The van der Waals surface area contributed by atoms with Crippen LogP contribution in [0.2, 0.25) is 0 Å². The van der Waals surface area contributed by atoms with Crippen LogP contribution < -0.4 is 5.32 Å². The van der Waals surface area contributed by atoms with Gasteiger partial charge in [0.25, 0.3) is 5.91 Å². The number of hydrogen-bond donors (Lipinski definition) is 1. The number of amides is 1. The third-order valence-corrected chi connectivity index (χ3v) is 7.85. The van der Waals surface area contributed by atoms with Crippen molar-refractivity contribution in [2.75, 3.05) is 5.32 Å². The van der Waals surface area contributed by atoms with Crippen molar-refractivity contribution in [1.82, 2.24) is 4.98 Å². The van der Waals surface area contributed by atoms with E-state index < -0.39 is 0 Å². The first-order valence-corrected chi connectivity index (χ1v) is 12.6. The zero-order valence-corrected chi connectivity index (χ0v) is 20.5. The molecule has 0 saturated carbocycles. The van der Waals surface area contributed by atoms with Crippen LogP contribution in [0.4, 0.5) is 5.00 Å². The van der Waals surface area contributed by atoms with Crippen LogP contribution in [0.3, 0.4) is 0 Å². The normalized spacial score (nSPS) is 15.2. The highest BCUT2D eigenvalue weighted by Crippen LogP contribution is 2.39. The van der Waals surface area contributed by atoms with Gasteiger partial charge < -0.3 is 5.32 Å².